The molecule has 0 saturated carbocycles. The lowest BCUT2D eigenvalue weighted by Gasteiger charge is -2.18. The highest BCUT2D eigenvalue weighted by atomic mass is 32.2. The summed E-state index contributed by atoms with van der Waals surface area (Å²) >= 11 is 0. The third kappa shape index (κ3) is 3.88. The molecule has 0 aliphatic carbocycles. The number of amides is 1. The number of hydrogen-bond donors (Lipinski definition) is 1. The summed E-state index contributed by atoms with van der Waals surface area (Å²) < 4.78 is 65.4. The van der Waals surface area contributed by atoms with Gasteiger partial charge in [0.15, 0.2) is 17.5 Å². The molecule has 0 aromatic heterocycles. The third-order valence-electron chi connectivity index (χ3n) is 3.80. The maximum Gasteiger partial charge on any atom is 0.246 e. The molecule has 0 saturated heterocycles. The van der Waals surface area contributed by atoms with Crippen LogP contribution in [0.5, 0.6) is 0 Å². The molecule has 5 nitrogen and oxygen atoms in total. The van der Waals surface area contributed by atoms with Gasteiger partial charge in [0, 0.05) is 12.7 Å². The molecule has 0 spiro atoms. The number of rotatable bonds is 5. The van der Waals surface area contributed by atoms with Gasteiger partial charge in [-0.05, 0) is 37.1 Å². The Morgan fingerprint density at radius 2 is 1.62 bits per heavy atom. The lowest BCUT2D eigenvalue weighted by molar-refractivity contribution is -0.116. The van der Waals surface area contributed by atoms with Gasteiger partial charge in [-0.2, -0.15) is 4.31 Å². The Hall–Kier alpha value is -2.39. The zero-order chi connectivity index (χ0) is 19.6. The lowest BCUT2D eigenvalue weighted by Crippen LogP contribution is -2.35. The minimum Gasteiger partial charge on any atom is -0.324 e. The van der Waals surface area contributed by atoms with Gasteiger partial charge in [-0.25, -0.2) is 21.6 Å². The predicted molar refractivity (Wildman–Crippen MR) is 90.7 cm³/mol. The van der Waals surface area contributed by atoms with E-state index in [0.717, 1.165) is 18.2 Å². The average molecular weight is 386 g/mol. The minimum absolute atomic E-state index is 0.510. The van der Waals surface area contributed by atoms with Crippen LogP contribution in [0.4, 0.5) is 18.9 Å². The van der Waals surface area contributed by atoms with Crippen molar-refractivity contribution >= 4 is 21.6 Å². The van der Waals surface area contributed by atoms with E-state index in [1.54, 1.807) is 26.0 Å². The molecule has 0 fully saturated rings. The quantitative estimate of drug-likeness (QED) is 0.804. The number of aryl methyl sites for hydroxylation is 2. The average Bonchev–Trinajstić information content (AvgIpc) is 2.56. The fourth-order valence-electron chi connectivity index (χ4n) is 2.35. The number of nitrogens with one attached hydrogen (secondary N) is 1. The Morgan fingerprint density at radius 1 is 1.04 bits per heavy atom. The van der Waals surface area contributed by atoms with Gasteiger partial charge in [0.2, 0.25) is 15.9 Å². The second-order valence-corrected chi connectivity index (χ2v) is 7.76. The van der Waals surface area contributed by atoms with E-state index in [0.29, 0.717) is 22.1 Å². The highest BCUT2D eigenvalue weighted by molar-refractivity contribution is 7.89. The van der Waals surface area contributed by atoms with E-state index in [2.05, 4.69) is 5.32 Å². The Labute approximate surface area is 149 Å². The van der Waals surface area contributed by atoms with Crippen LogP contribution in [0.1, 0.15) is 11.1 Å². The molecule has 0 aliphatic rings. The molecule has 1 amide bonds. The molecule has 2 aromatic rings. The molecule has 9 heteroatoms. The molecule has 0 unspecified atom stereocenters. The van der Waals surface area contributed by atoms with Crippen LogP contribution in [0, 0.1) is 31.3 Å². The van der Waals surface area contributed by atoms with Crippen LogP contribution < -0.4 is 5.32 Å². The summed E-state index contributed by atoms with van der Waals surface area (Å²) in [6.07, 6.45) is 0. The van der Waals surface area contributed by atoms with Gasteiger partial charge in [-0.3, -0.25) is 4.79 Å². The van der Waals surface area contributed by atoms with E-state index in [1.165, 1.54) is 0 Å². The van der Waals surface area contributed by atoms with Crippen LogP contribution in [0.15, 0.2) is 35.2 Å². The molecule has 0 aliphatic heterocycles. The van der Waals surface area contributed by atoms with Gasteiger partial charge in [-0.15, -0.1) is 0 Å². The molecule has 26 heavy (non-hydrogen) atoms. The molecular formula is C17H17F3N2O3S. The van der Waals surface area contributed by atoms with Crippen LogP contribution in [0.25, 0.3) is 0 Å². The first-order valence-electron chi connectivity index (χ1n) is 7.51. The van der Waals surface area contributed by atoms with E-state index in [9.17, 15) is 26.4 Å². The smallest absolute Gasteiger partial charge is 0.246 e. The van der Waals surface area contributed by atoms with Crippen molar-refractivity contribution < 1.29 is 26.4 Å². The molecule has 2 aromatic carbocycles. The first-order valence-corrected chi connectivity index (χ1v) is 8.95. The topological polar surface area (TPSA) is 66.5 Å². The molecule has 0 heterocycles. The largest absolute Gasteiger partial charge is 0.324 e. The van der Waals surface area contributed by atoms with Gasteiger partial charge >= 0.3 is 0 Å². The summed E-state index contributed by atoms with van der Waals surface area (Å²) in [6, 6.07) is 6.49. The van der Waals surface area contributed by atoms with Crippen LogP contribution in [0.2, 0.25) is 0 Å². The number of para-hydroxylation sites is 1. The summed E-state index contributed by atoms with van der Waals surface area (Å²) in [4.78, 5) is 11.1. The monoisotopic (exact) mass is 386 g/mol. The fourth-order valence-corrected chi connectivity index (χ4v) is 3.53. The molecule has 0 bridgehead atoms. The Morgan fingerprint density at radius 3 is 2.19 bits per heavy atom. The molecule has 0 radical (unpaired) electrons. The van der Waals surface area contributed by atoms with E-state index < -0.39 is 44.8 Å². The number of hydrogen-bond acceptors (Lipinski definition) is 3. The van der Waals surface area contributed by atoms with E-state index in [4.69, 9.17) is 0 Å². The van der Waals surface area contributed by atoms with Crippen molar-refractivity contribution in [2.45, 2.75) is 18.7 Å². The predicted octanol–water partition coefficient (Wildman–Crippen LogP) is 2.98. The summed E-state index contributed by atoms with van der Waals surface area (Å²) in [7, 11) is -3.48. The molecule has 140 valence electrons. The maximum absolute atomic E-state index is 13.8. The van der Waals surface area contributed by atoms with Gasteiger partial charge < -0.3 is 5.32 Å². The van der Waals surface area contributed by atoms with Gasteiger partial charge in [0.1, 0.15) is 4.90 Å². The van der Waals surface area contributed by atoms with Crippen LogP contribution in [-0.4, -0.2) is 32.2 Å². The van der Waals surface area contributed by atoms with Crippen molar-refractivity contribution in [2.75, 3.05) is 18.9 Å². The van der Waals surface area contributed by atoms with Gasteiger partial charge in [0.25, 0.3) is 0 Å². The zero-order valence-corrected chi connectivity index (χ0v) is 15.1. The first kappa shape index (κ1) is 19.9. The highest BCUT2D eigenvalue weighted by Gasteiger charge is 2.29. The molecular weight excluding hydrogens is 369 g/mol. The Balaban J connectivity index is 2.22. The van der Waals surface area contributed by atoms with Crippen molar-refractivity contribution in [3.63, 3.8) is 0 Å². The number of sulfonamides is 1. The van der Waals surface area contributed by atoms with Gasteiger partial charge in [-0.1, -0.05) is 18.2 Å². The highest BCUT2D eigenvalue weighted by Crippen LogP contribution is 2.23. The lowest BCUT2D eigenvalue weighted by atomic mass is 10.1. The van der Waals surface area contributed by atoms with Crippen molar-refractivity contribution in [1.82, 2.24) is 4.31 Å². The summed E-state index contributed by atoms with van der Waals surface area (Å²) in [5.74, 6) is -5.88. The standard InChI is InChI=1S/C17H17F3N2O3S/c1-10-5-4-6-11(2)17(10)21-14(23)9-22(3)26(24,25)13-8-7-12(18)15(19)16(13)20/h4-8H,9H2,1-3H3,(H,21,23). The minimum atomic E-state index is -4.53. The molecule has 1 N–H and O–H groups in total. The number of carbonyl (C=O) groups excluding carboxylic acids is 1. The van der Waals surface area contributed by atoms with Crippen LogP contribution >= 0.6 is 0 Å². The number of carbonyl (C=O) groups is 1. The molecule has 2 rings (SSSR count). The Kier molecular flexibility index (Phi) is 5.72. The van der Waals surface area contributed by atoms with Crippen molar-refractivity contribution in [3.8, 4) is 0 Å². The summed E-state index contributed by atoms with van der Waals surface area (Å²) in [5, 5.41) is 2.60. The molecule has 0 atom stereocenters. The number of halogens is 3. The van der Waals surface area contributed by atoms with E-state index in [1.807, 2.05) is 6.07 Å². The number of benzene rings is 2. The second-order valence-electron chi connectivity index (χ2n) is 5.75. The van der Waals surface area contributed by atoms with E-state index >= 15 is 0 Å². The number of nitrogens with zero attached hydrogens (tertiary/aromatic N) is 1. The first-order chi connectivity index (χ1) is 12.1. The fraction of sp³-hybridized carbons (Fsp3) is 0.235. The van der Waals surface area contributed by atoms with Crippen molar-refractivity contribution in [1.29, 1.82) is 0 Å². The van der Waals surface area contributed by atoms with E-state index in [-0.39, 0.29) is 0 Å². The SMILES string of the molecule is Cc1cccc(C)c1NC(=O)CN(C)S(=O)(=O)c1ccc(F)c(F)c1F. The Bertz CT molecular complexity index is 942. The van der Waals surface area contributed by atoms with Crippen LogP contribution in [0.3, 0.4) is 0 Å². The maximum atomic E-state index is 13.8. The second kappa shape index (κ2) is 7.46. The zero-order valence-electron chi connectivity index (χ0n) is 14.3. The summed E-state index contributed by atoms with van der Waals surface area (Å²) in [5.41, 5.74) is 2.12. The number of likely N-dealkylation sites (N-methyl/N-ethyl adjacent to an activating group) is 1. The normalized spacial score (nSPS) is 11.7. The summed E-state index contributed by atoms with van der Waals surface area (Å²) in [6.45, 7) is 2.92. The third-order valence-corrected chi connectivity index (χ3v) is 5.62. The van der Waals surface area contributed by atoms with Gasteiger partial charge in [0.05, 0.1) is 6.54 Å². The number of anilines is 1. The van der Waals surface area contributed by atoms with Crippen molar-refractivity contribution in [2.24, 2.45) is 0 Å². The van der Waals surface area contributed by atoms with Crippen molar-refractivity contribution in [3.05, 3.63) is 58.9 Å². The van der Waals surface area contributed by atoms with Crippen LogP contribution in [-0.2, 0) is 14.8 Å².